The molecule has 0 aliphatic carbocycles. The van der Waals surface area contributed by atoms with Crippen LogP contribution in [0.5, 0.6) is 0 Å². The smallest absolute Gasteiger partial charge is 0.0512 e. The number of rotatable bonds is 8. The van der Waals surface area contributed by atoms with Crippen LogP contribution in [-0.2, 0) is 0 Å². The molecule has 0 aliphatic heterocycles. The lowest BCUT2D eigenvalue weighted by molar-refractivity contribution is 0.165. The number of nitrogens with zero attached hydrogens (tertiary/aromatic N) is 2. The maximum absolute atomic E-state index is 3.75. The van der Waals surface area contributed by atoms with Gasteiger partial charge in [-0.1, -0.05) is 26.0 Å². The molecule has 2 heteroatoms. The molecule has 0 radical (unpaired) electrons. The van der Waals surface area contributed by atoms with E-state index >= 15 is 0 Å². The van der Waals surface area contributed by atoms with Crippen LogP contribution in [0.1, 0.15) is 13.8 Å². The van der Waals surface area contributed by atoms with Crippen molar-refractivity contribution < 1.29 is 0 Å². The Bertz CT molecular complexity index is 129. The highest BCUT2D eigenvalue weighted by molar-refractivity contribution is 4.79. The van der Waals surface area contributed by atoms with Crippen molar-refractivity contribution in [2.75, 3.05) is 32.8 Å². The molecule has 0 bridgehead atoms. The molecule has 0 heterocycles. The normalized spacial score (nSPS) is 10.8. The van der Waals surface area contributed by atoms with E-state index in [9.17, 15) is 0 Å². The van der Waals surface area contributed by atoms with Crippen LogP contribution in [0.3, 0.4) is 0 Å². The molecule has 0 rings (SSSR count). The van der Waals surface area contributed by atoms with Crippen LogP contribution in [0.2, 0.25) is 0 Å². The van der Waals surface area contributed by atoms with E-state index in [1.54, 1.807) is 0 Å². The lowest BCUT2D eigenvalue weighted by Gasteiger charge is -2.27. The highest BCUT2D eigenvalue weighted by Crippen LogP contribution is 1.94. The third-order valence-corrected chi connectivity index (χ3v) is 2.07. The summed E-state index contributed by atoms with van der Waals surface area (Å²) < 4.78 is 0. The molecule has 0 unspecified atom stereocenters. The number of hydrogen-bond donors (Lipinski definition) is 0. The van der Waals surface area contributed by atoms with Crippen molar-refractivity contribution in [2.45, 2.75) is 13.8 Å². The molecular weight excluding hydrogens is 160 g/mol. The topological polar surface area (TPSA) is 6.48 Å². The first-order chi connectivity index (χ1) is 6.28. The summed E-state index contributed by atoms with van der Waals surface area (Å²) in [7, 11) is 0. The van der Waals surface area contributed by atoms with E-state index in [-0.39, 0.29) is 0 Å². The molecule has 0 fully saturated rings. The van der Waals surface area contributed by atoms with Gasteiger partial charge in [0, 0.05) is 13.1 Å². The minimum absolute atomic E-state index is 0.933. The van der Waals surface area contributed by atoms with Crippen molar-refractivity contribution in [1.29, 1.82) is 0 Å². The summed E-state index contributed by atoms with van der Waals surface area (Å²) in [6.45, 7) is 16.9. The molecule has 0 N–H and O–H groups in total. The minimum atomic E-state index is 0.933. The van der Waals surface area contributed by atoms with Crippen LogP contribution in [0.15, 0.2) is 25.3 Å². The SMILES string of the molecule is C=CCN(CC=C)CN(CC)CC. The standard InChI is InChI=1S/C11H22N2/c1-5-9-13(10-6-2)11-12(7-3)8-4/h5-6H,1-2,7-11H2,3-4H3. The maximum atomic E-state index is 3.75. The van der Waals surface area contributed by atoms with E-state index in [2.05, 4.69) is 36.8 Å². The molecule has 0 aromatic rings. The average molecular weight is 182 g/mol. The van der Waals surface area contributed by atoms with Gasteiger partial charge < -0.3 is 0 Å². The Morgan fingerprint density at radius 3 is 1.69 bits per heavy atom. The van der Waals surface area contributed by atoms with Gasteiger partial charge in [0.25, 0.3) is 0 Å². The maximum Gasteiger partial charge on any atom is 0.0512 e. The summed E-state index contributed by atoms with van der Waals surface area (Å²) in [6, 6.07) is 0. The van der Waals surface area contributed by atoms with Crippen molar-refractivity contribution in [2.24, 2.45) is 0 Å². The van der Waals surface area contributed by atoms with E-state index < -0.39 is 0 Å². The van der Waals surface area contributed by atoms with E-state index in [1.807, 2.05) is 12.2 Å². The molecule has 13 heavy (non-hydrogen) atoms. The quantitative estimate of drug-likeness (QED) is 0.418. The summed E-state index contributed by atoms with van der Waals surface area (Å²) in [4.78, 5) is 4.69. The third-order valence-electron chi connectivity index (χ3n) is 2.07. The molecule has 0 amide bonds. The van der Waals surface area contributed by atoms with Crippen LogP contribution in [-0.4, -0.2) is 42.6 Å². The Morgan fingerprint density at radius 1 is 0.923 bits per heavy atom. The summed E-state index contributed by atoms with van der Waals surface area (Å²) >= 11 is 0. The second-order valence-corrected chi connectivity index (χ2v) is 3.06. The van der Waals surface area contributed by atoms with Gasteiger partial charge >= 0.3 is 0 Å². The molecule has 0 aliphatic rings. The van der Waals surface area contributed by atoms with E-state index in [4.69, 9.17) is 0 Å². The van der Waals surface area contributed by atoms with Gasteiger partial charge in [0.05, 0.1) is 6.67 Å². The van der Waals surface area contributed by atoms with Gasteiger partial charge in [-0.25, -0.2) is 0 Å². The first kappa shape index (κ1) is 12.4. The van der Waals surface area contributed by atoms with Crippen molar-refractivity contribution in [1.82, 2.24) is 9.80 Å². The number of hydrogen-bond acceptors (Lipinski definition) is 2. The Morgan fingerprint density at radius 2 is 1.38 bits per heavy atom. The monoisotopic (exact) mass is 182 g/mol. The van der Waals surface area contributed by atoms with Crippen LogP contribution < -0.4 is 0 Å². The van der Waals surface area contributed by atoms with Gasteiger partial charge in [-0.15, -0.1) is 13.2 Å². The van der Waals surface area contributed by atoms with Gasteiger partial charge in [-0.3, -0.25) is 9.80 Å². The molecule has 0 aromatic carbocycles. The van der Waals surface area contributed by atoms with Crippen molar-refractivity contribution in [3.8, 4) is 0 Å². The van der Waals surface area contributed by atoms with Gasteiger partial charge in [0.15, 0.2) is 0 Å². The molecular formula is C11H22N2. The zero-order chi connectivity index (χ0) is 10.1. The van der Waals surface area contributed by atoms with Crippen molar-refractivity contribution in [3.05, 3.63) is 25.3 Å². The summed E-state index contributed by atoms with van der Waals surface area (Å²) in [6.07, 6.45) is 3.88. The predicted octanol–water partition coefficient (Wildman–Crippen LogP) is 1.96. The van der Waals surface area contributed by atoms with Crippen LogP contribution >= 0.6 is 0 Å². The van der Waals surface area contributed by atoms with Gasteiger partial charge in [-0.05, 0) is 13.1 Å². The van der Waals surface area contributed by atoms with Gasteiger partial charge in [0.2, 0.25) is 0 Å². The first-order valence-corrected chi connectivity index (χ1v) is 4.94. The Hall–Kier alpha value is -0.600. The van der Waals surface area contributed by atoms with Crippen LogP contribution in [0.4, 0.5) is 0 Å². The second kappa shape index (κ2) is 8.02. The summed E-state index contributed by atoms with van der Waals surface area (Å²) in [5.41, 5.74) is 0. The van der Waals surface area contributed by atoms with Crippen LogP contribution in [0, 0.1) is 0 Å². The molecule has 0 saturated carbocycles. The molecule has 0 aromatic heterocycles. The molecule has 0 spiro atoms. The largest absolute Gasteiger partial charge is 0.291 e. The third kappa shape index (κ3) is 5.61. The minimum Gasteiger partial charge on any atom is -0.291 e. The zero-order valence-electron chi connectivity index (χ0n) is 9.00. The molecule has 0 atom stereocenters. The lowest BCUT2D eigenvalue weighted by atomic mass is 10.4. The fraction of sp³-hybridized carbons (Fsp3) is 0.636. The van der Waals surface area contributed by atoms with Crippen molar-refractivity contribution in [3.63, 3.8) is 0 Å². The lowest BCUT2D eigenvalue weighted by Crippen LogP contribution is -2.37. The Labute approximate surface area is 82.5 Å². The Balaban J connectivity index is 3.89. The van der Waals surface area contributed by atoms with E-state index in [0.717, 1.165) is 32.8 Å². The van der Waals surface area contributed by atoms with E-state index in [0.29, 0.717) is 0 Å². The summed E-state index contributed by atoms with van der Waals surface area (Å²) in [5.74, 6) is 0. The van der Waals surface area contributed by atoms with Crippen molar-refractivity contribution >= 4 is 0 Å². The van der Waals surface area contributed by atoms with Crippen LogP contribution in [0.25, 0.3) is 0 Å². The zero-order valence-corrected chi connectivity index (χ0v) is 9.00. The van der Waals surface area contributed by atoms with E-state index in [1.165, 1.54) is 0 Å². The molecule has 0 saturated heterocycles. The average Bonchev–Trinajstić information content (AvgIpc) is 2.14. The second-order valence-electron chi connectivity index (χ2n) is 3.06. The fourth-order valence-corrected chi connectivity index (χ4v) is 1.26. The summed E-state index contributed by atoms with van der Waals surface area (Å²) in [5, 5.41) is 0. The highest BCUT2D eigenvalue weighted by atomic mass is 15.3. The van der Waals surface area contributed by atoms with Gasteiger partial charge in [0.1, 0.15) is 0 Å². The molecule has 2 nitrogen and oxygen atoms in total. The fourth-order valence-electron chi connectivity index (χ4n) is 1.26. The van der Waals surface area contributed by atoms with Gasteiger partial charge in [-0.2, -0.15) is 0 Å². The highest BCUT2D eigenvalue weighted by Gasteiger charge is 2.04. The molecule has 76 valence electrons. The first-order valence-electron chi connectivity index (χ1n) is 4.94. The Kier molecular flexibility index (Phi) is 7.65. The predicted molar refractivity (Wildman–Crippen MR) is 59.8 cm³/mol.